The zero-order valence-corrected chi connectivity index (χ0v) is 12.2. The van der Waals surface area contributed by atoms with E-state index in [9.17, 15) is 14.7 Å². The van der Waals surface area contributed by atoms with Crippen LogP contribution in [0, 0.1) is 6.92 Å². The third kappa shape index (κ3) is 4.04. The van der Waals surface area contributed by atoms with E-state index < -0.39 is 5.97 Å². The number of thiophene rings is 1. The van der Waals surface area contributed by atoms with Gasteiger partial charge < -0.3 is 15.2 Å². The van der Waals surface area contributed by atoms with Crippen LogP contribution in [0.1, 0.15) is 41.1 Å². The average Bonchev–Trinajstić information content (AvgIpc) is 2.65. The summed E-state index contributed by atoms with van der Waals surface area (Å²) in [7, 11) is 0. The van der Waals surface area contributed by atoms with E-state index in [1.54, 1.807) is 0 Å². The monoisotopic (exact) mass is 285 g/mol. The quantitative estimate of drug-likeness (QED) is 0.755. The summed E-state index contributed by atoms with van der Waals surface area (Å²) in [5, 5.41) is 12.3. The predicted molar refractivity (Wildman–Crippen MR) is 75.1 cm³/mol. The Kier molecular flexibility index (Phi) is 5.98. The van der Waals surface area contributed by atoms with Gasteiger partial charge in [0.15, 0.2) is 0 Å². The van der Waals surface area contributed by atoms with E-state index in [-0.39, 0.29) is 17.9 Å². The van der Waals surface area contributed by atoms with Gasteiger partial charge in [0.05, 0.1) is 18.6 Å². The molecular weight excluding hydrogens is 266 g/mol. The van der Waals surface area contributed by atoms with E-state index in [2.05, 4.69) is 5.32 Å². The number of hydrogen-bond acceptors (Lipinski definition) is 4. The summed E-state index contributed by atoms with van der Waals surface area (Å²) in [6.45, 7) is 6.53. The standard InChI is InChI=1S/C13H19NO4S/c1-4-9-8(3)19-12(11(9)13(16)17)14-10(15)6-7-18-5-2/h4-7H2,1-3H3,(H,14,15)(H,16,17). The number of nitrogens with one attached hydrogen (secondary N) is 1. The molecule has 1 aromatic rings. The Morgan fingerprint density at radius 1 is 1.37 bits per heavy atom. The van der Waals surface area contributed by atoms with Crippen molar-refractivity contribution < 1.29 is 19.4 Å². The van der Waals surface area contributed by atoms with Gasteiger partial charge in [0.2, 0.25) is 5.91 Å². The van der Waals surface area contributed by atoms with E-state index >= 15 is 0 Å². The van der Waals surface area contributed by atoms with Gasteiger partial charge in [-0.1, -0.05) is 6.92 Å². The van der Waals surface area contributed by atoms with Crippen molar-refractivity contribution in [3.63, 3.8) is 0 Å². The number of hydrogen-bond donors (Lipinski definition) is 2. The van der Waals surface area contributed by atoms with E-state index in [1.807, 2.05) is 20.8 Å². The number of ether oxygens (including phenoxy) is 1. The van der Waals surface area contributed by atoms with Crippen molar-refractivity contribution in [3.8, 4) is 0 Å². The number of carbonyl (C=O) groups is 2. The normalized spacial score (nSPS) is 10.5. The molecule has 0 aliphatic rings. The fourth-order valence-corrected chi connectivity index (χ4v) is 2.97. The smallest absolute Gasteiger partial charge is 0.339 e. The lowest BCUT2D eigenvalue weighted by Crippen LogP contribution is -2.15. The maximum Gasteiger partial charge on any atom is 0.339 e. The number of rotatable bonds is 7. The van der Waals surface area contributed by atoms with Crippen LogP contribution >= 0.6 is 11.3 Å². The first-order valence-electron chi connectivity index (χ1n) is 6.24. The van der Waals surface area contributed by atoms with Gasteiger partial charge in [0.25, 0.3) is 0 Å². The molecule has 0 aliphatic carbocycles. The fraction of sp³-hybridized carbons (Fsp3) is 0.538. The lowest BCUT2D eigenvalue weighted by Gasteiger charge is -2.05. The van der Waals surface area contributed by atoms with Gasteiger partial charge in [-0.25, -0.2) is 4.79 Å². The molecule has 0 fully saturated rings. The molecule has 0 bridgehead atoms. The van der Waals surface area contributed by atoms with Gasteiger partial charge in [-0.05, 0) is 25.8 Å². The highest BCUT2D eigenvalue weighted by atomic mass is 32.1. The molecule has 1 aromatic heterocycles. The number of aryl methyl sites for hydroxylation is 1. The third-order valence-corrected chi connectivity index (χ3v) is 3.77. The molecule has 0 atom stereocenters. The molecule has 1 rings (SSSR count). The minimum Gasteiger partial charge on any atom is -0.478 e. The number of carboxylic acids is 1. The minimum atomic E-state index is -0.999. The molecule has 0 unspecified atom stereocenters. The second-order valence-corrected chi connectivity index (χ2v) is 5.22. The minimum absolute atomic E-state index is 0.217. The van der Waals surface area contributed by atoms with Crippen LogP contribution in [0.15, 0.2) is 0 Å². The number of anilines is 1. The van der Waals surface area contributed by atoms with Crippen molar-refractivity contribution in [1.29, 1.82) is 0 Å². The number of carbonyl (C=O) groups excluding carboxylic acids is 1. The number of carboxylic acid groups (broad SMARTS) is 1. The van der Waals surface area contributed by atoms with Crippen molar-refractivity contribution in [2.24, 2.45) is 0 Å². The van der Waals surface area contributed by atoms with Crippen molar-refractivity contribution in [2.75, 3.05) is 18.5 Å². The first-order chi connectivity index (χ1) is 9.01. The first kappa shape index (κ1) is 15.7. The van der Waals surface area contributed by atoms with Gasteiger partial charge in [-0.3, -0.25) is 4.79 Å². The molecule has 0 radical (unpaired) electrons. The predicted octanol–water partition coefficient (Wildman–Crippen LogP) is 2.68. The van der Waals surface area contributed by atoms with Crippen LogP contribution in [0.25, 0.3) is 0 Å². The Hall–Kier alpha value is -1.40. The van der Waals surface area contributed by atoms with Crippen LogP contribution in [-0.2, 0) is 16.0 Å². The van der Waals surface area contributed by atoms with Crippen LogP contribution in [0.2, 0.25) is 0 Å². The second-order valence-electron chi connectivity index (χ2n) is 3.99. The summed E-state index contributed by atoms with van der Waals surface area (Å²) in [5.74, 6) is -1.22. The zero-order chi connectivity index (χ0) is 14.4. The van der Waals surface area contributed by atoms with Crippen molar-refractivity contribution in [2.45, 2.75) is 33.6 Å². The van der Waals surface area contributed by atoms with Crippen molar-refractivity contribution in [3.05, 3.63) is 16.0 Å². The summed E-state index contributed by atoms with van der Waals surface area (Å²) in [5.41, 5.74) is 1.01. The topological polar surface area (TPSA) is 75.6 Å². The molecule has 6 heteroatoms. The van der Waals surface area contributed by atoms with Crippen LogP contribution in [0.3, 0.4) is 0 Å². The summed E-state index contributed by atoms with van der Waals surface area (Å²) in [4.78, 5) is 23.9. The lowest BCUT2D eigenvalue weighted by molar-refractivity contribution is -0.117. The first-order valence-corrected chi connectivity index (χ1v) is 7.06. The zero-order valence-electron chi connectivity index (χ0n) is 11.4. The number of amides is 1. The Balaban J connectivity index is 2.83. The van der Waals surface area contributed by atoms with E-state index in [0.717, 1.165) is 10.4 Å². The van der Waals surface area contributed by atoms with E-state index in [1.165, 1.54) is 11.3 Å². The molecule has 19 heavy (non-hydrogen) atoms. The van der Waals surface area contributed by atoms with Gasteiger partial charge in [-0.2, -0.15) is 0 Å². The summed E-state index contributed by atoms with van der Waals surface area (Å²) < 4.78 is 5.10. The molecule has 2 N–H and O–H groups in total. The van der Waals surface area contributed by atoms with Crippen molar-refractivity contribution >= 4 is 28.2 Å². The molecule has 0 aromatic carbocycles. The molecule has 0 aliphatic heterocycles. The summed E-state index contributed by atoms with van der Waals surface area (Å²) >= 11 is 1.31. The molecule has 106 valence electrons. The maximum absolute atomic E-state index is 11.7. The van der Waals surface area contributed by atoms with E-state index in [4.69, 9.17) is 4.74 Å². The van der Waals surface area contributed by atoms with E-state index in [0.29, 0.717) is 24.6 Å². The molecule has 5 nitrogen and oxygen atoms in total. The lowest BCUT2D eigenvalue weighted by atomic mass is 10.1. The third-order valence-electron chi connectivity index (χ3n) is 2.71. The highest BCUT2D eigenvalue weighted by Gasteiger charge is 2.21. The Labute approximate surface area is 116 Å². The Morgan fingerprint density at radius 3 is 2.58 bits per heavy atom. The largest absolute Gasteiger partial charge is 0.478 e. The van der Waals surface area contributed by atoms with Crippen LogP contribution in [-0.4, -0.2) is 30.2 Å². The Morgan fingerprint density at radius 2 is 2.05 bits per heavy atom. The molecule has 0 saturated heterocycles. The molecule has 0 saturated carbocycles. The average molecular weight is 285 g/mol. The summed E-state index contributed by atoms with van der Waals surface area (Å²) in [6, 6.07) is 0. The highest BCUT2D eigenvalue weighted by Crippen LogP contribution is 2.33. The van der Waals surface area contributed by atoms with Crippen molar-refractivity contribution in [1.82, 2.24) is 0 Å². The highest BCUT2D eigenvalue weighted by molar-refractivity contribution is 7.16. The van der Waals surface area contributed by atoms with Gasteiger partial charge >= 0.3 is 5.97 Å². The number of aromatic carboxylic acids is 1. The van der Waals surface area contributed by atoms with Crippen LogP contribution in [0.4, 0.5) is 5.00 Å². The van der Waals surface area contributed by atoms with Crippen LogP contribution in [0.5, 0.6) is 0 Å². The van der Waals surface area contributed by atoms with Gasteiger partial charge in [-0.15, -0.1) is 11.3 Å². The molecule has 1 amide bonds. The SMILES string of the molecule is CCOCCC(=O)Nc1sc(C)c(CC)c1C(=O)O. The molecular formula is C13H19NO4S. The second kappa shape index (κ2) is 7.25. The van der Waals surface area contributed by atoms with Gasteiger partial charge in [0, 0.05) is 11.5 Å². The molecule has 0 spiro atoms. The van der Waals surface area contributed by atoms with Gasteiger partial charge in [0.1, 0.15) is 5.00 Å². The maximum atomic E-state index is 11.7. The van der Waals surface area contributed by atoms with Crippen LogP contribution < -0.4 is 5.32 Å². The fourth-order valence-electron chi connectivity index (χ4n) is 1.82. The summed E-state index contributed by atoms with van der Waals surface area (Å²) in [6.07, 6.45) is 0.865. The molecule has 1 heterocycles. The Bertz CT molecular complexity index is 467.